The normalized spacial score (nSPS) is 29.1. The molecule has 0 saturated heterocycles. The SMILES string of the molecule is C#C/C=C/CC(OC(C)=O)C1C/C=C\CC(Br)C(CC)O1. The molecule has 0 aromatic heterocycles. The Morgan fingerprint density at radius 2 is 2.29 bits per heavy atom. The lowest BCUT2D eigenvalue weighted by atomic mass is 10.0. The molecule has 4 heteroatoms. The molecular weight excluding hydrogens is 332 g/mol. The second-order valence-corrected chi connectivity index (χ2v) is 6.21. The summed E-state index contributed by atoms with van der Waals surface area (Å²) in [6.07, 6.45) is 15.7. The van der Waals surface area contributed by atoms with Crippen LogP contribution in [0.2, 0.25) is 0 Å². The standard InChI is InChI=1S/C17H23BrO3/c1-4-6-7-11-16(20-13(3)19)17-12-9-8-10-14(18)15(5-2)21-17/h1,6-9,14-17H,5,10-12H2,2-3H3/b7-6+,9-8-. The molecule has 4 unspecified atom stereocenters. The molecule has 0 saturated carbocycles. The zero-order valence-electron chi connectivity index (χ0n) is 12.6. The Morgan fingerprint density at radius 1 is 1.57 bits per heavy atom. The number of rotatable bonds is 5. The summed E-state index contributed by atoms with van der Waals surface area (Å²) >= 11 is 3.67. The topological polar surface area (TPSA) is 35.5 Å². The Morgan fingerprint density at radius 3 is 2.90 bits per heavy atom. The maximum absolute atomic E-state index is 11.3. The smallest absolute Gasteiger partial charge is 0.303 e. The Bertz CT molecular complexity index is 422. The molecule has 1 heterocycles. The summed E-state index contributed by atoms with van der Waals surface area (Å²) in [7, 11) is 0. The number of carbonyl (C=O) groups excluding carboxylic acids is 1. The van der Waals surface area contributed by atoms with Crippen molar-refractivity contribution in [1.82, 2.24) is 0 Å². The molecule has 0 aliphatic carbocycles. The number of hydrogen-bond donors (Lipinski definition) is 0. The van der Waals surface area contributed by atoms with Crippen LogP contribution >= 0.6 is 15.9 Å². The van der Waals surface area contributed by atoms with E-state index in [4.69, 9.17) is 15.9 Å². The third-order valence-corrected chi connectivity index (χ3v) is 4.33. The van der Waals surface area contributed by atoms with Crippen LogP contribution in [-0.4, -0.2) is 29.1 Å². The van der Waals surface area contributed by atoms with Crippen LogP contribution in [0.4, 0.5) is 0 Å². The Balaban J connectivity index is 2.83. The molecule has 0 bridgehead atoms. The first-order valence-corrected chi connectivity index (χ1v) is 8.22. The van der Waals surface area contributed by atoms with Gasteiger partial charge in [0.2, 0.25) is 0 Å². The fraction of sp³-hybridized carbons (Fsp3) is 0.588. The lowest BCUT2D eigenvalue weighted by Crippen LogP contribution is -2.38. The van der Waals surface area contributed by atoms with E-state index in [2.05, 4.69) is 40.9 Å². The van der Waals surface area contributed by atoms with E-state index in [9.17, 15) is 4.79 Å². The van der Waals surface area contributed by atoms with Gasteiger partial charge in [0.1, 0.15) is 6.10 Å². The molecule has 1 rings (SSSR count). The third kappa shape index (κ3) is 6.50. The first-order chi connectivity index (χ1) is 10.1. The Hall–Kier alpha value is -1.05. The van der Waals surface area contributed by atoms with Gasteiger partial charge in [0.25, 0.3) is 0 Å². The summed E-state index contributed by atoms with van der Waals surface area (Å²) in [5.74, 6) is 2.15. The minimum absolute atomic E-state index is 0.106. The Kier molecular flexibility index (Phi) is 8.41. The van der Waals surface area contributed by atoms with E-state index >= 15 is 0 Å². The summed E-state index contributed by atoms with van der Waals surface area (Å²) in [6, 6.07) is 0. The molecule has 0 radical (unpaired) electrons. The molecule has 0 amide bonds. The van der Waals surface area contributed by atoms with Gasteiger partial charge >= 0.3 is 5.97 Å². The second kappa shape index (κ2) is 9.81. The number of carbonyl (C=O) groups is 1. The molecule has 4 atom stereocenters. The average molecular weight is 355 g/mol. The van der Waals surface area contributed by atoms with Crippen LogP contribution in [0.1, 0.15) is 39.5 Å². The molecule has 21 heavy (non-hydrogen) atoms. The number of halogens is 1. The fourth-order valence-corrected chi connectivity index (χ4v) is 3.04. The number of alkyl halides is 1. The highest BCUT2D eigenvalue weighted by atomic mass is 79.9. The lowest BCUT2D eigenvalue weighted by molar-refractivity contribution is -0.158. The van der Waals surface area contributed by atoms with E-state index in [1.807, 2.05) is 6.08 Å². The highest BCUT2D eigenvalue weighted by molar-refractivity contribution is 9.09. The first kappa shape index (κ1) is 18.0. The van der Waals surface area contributed by atoms with Crippen molar-refractivity contribution >= 4 is 21.9 Å². The van der Waals surface area contributed by atoms with Gasteiger partial charge in [0.05, 0.1) is 12.2 Å². The van der Waals surface area contributed by atoms with Crippen LogP contribution in [-0.2, 0) is 14.3 Å². The van der Waals surface area contributed by atoms with E-state index in [0.29, 0.717) is 6.42 Å². The van der Waals surface area contributed by atoms with Crippen molar-refractivity contribution in [2.45, 2.75) is 62.7 Å². The van der Waals surface area contributed by atoms with Gasteiger partial charge in [-0.3, -0.25) is 4.79 Å². The molecule has 0 aromatic carbocycles. The minimum Gasteiger partial charge on any atom is -0.459 e. The zero-order chi connectivity index (χ0) is 15.7. The first-order valence-electron chi connectivity index (χ1n) is 7.31. The van der Waals surface area contributed by atoms with Gasteiger partial charge in [-0.15, -0.1) is 6.42 Å². The second-order valence-electron chi connectivity index (χ2n) is 5.03. The molecule has 1 aliphatic heterocycles. The molecule has 0 spiro atoms. The minimum atomic E-state index is -0.316. The number of terminal acetylenes is 1. The quantitative estimate of drug-likeness (QED) is 0.326. The molecule has 3 nitrogen and oxygen atoms in total. The monoisotopic (exact) mass is 354 g/mol. The van der Waals surface area contributed by atoms with Crippen molar-refractivity contribution in [3.8, 4) is 12.3 Å². The summed E-state index contributed by atoms with van der Waals surface area (Å²) in [4.78, 5) is 11.6. The number of esters is 1. The van der Waals surface area contributed by atoms with Crippen LogP contribution < -0.4 is 0 Å². The van der Waals surface area contributed by atoms with E-state index in [1.54, 1.807) is 6.08 Å². The largest absolute Gasteiger partial charge is 0.459 e. The summed E-state index contributed by atoms with van der Waals surface area (Å²) in [5, 5.41) is 0. The highest BCUT2D eigenvalue weighted by Crippen LogP contribution is 2.25. The highest BCUT2D eigenvalue weighted by Gasteiger charge is 2.29. The van der Waals surface area contributed by atoms with Crippen molar-refractivity contribution < 1.29 is 14.3 Å². The van der Waals surface area contributed by atoms with Crippen LogP contribution in [0.15, 0.2) is 24.3 Å². The van der Waals surface area contributed by atoms with Crippen LogP contribution in [0.25, 0.3) is 0 Å². The molecule has 0 fully saturated rings. The number of hydrogen-bond acceptors (Lipinski definition) is 3. The molecular formula is C17H23BrO3. The van der Waals surface area contributed by atoms with Gasteiger partial charge in [-0.2, -0.15) is 0 Å². The Labute approximate surface area is 135 Å². The van der Waals surface area contributed by atoms with Gasteiger partial charge in [-0.05, 0) is 25.3 Å². The number of allylic oxidation sites excluding steroid dienone is 2. The molecule has 0 aromatic rings. The lowest BCUT2D eigenvalue weighted by Gasteiger charge is -2.32. The summed E-state index contributed by atoms with van der Waals surface area (Å²) in [5.41, 5.74) is 0. The van der Waals surface area contributed by atoms with Crippen LogP contribution in [0.5, 0.6) is 0 Å². The van der Waals surface area contributed by atoms with E-state index in [1.165, 1.54) is 6.92 Å². The van der Waals surface area contributed by atoms with Gasteiger partial charge in [-0.1, -0.05) is 47.0 Å². The zero-order valence-corrected chi connectivity index (χ0v) is 14.2. The van der Waals surface area contributed by atoms with Crippen molar-refractivity contribution in [1.29, 1.82) is 0 Å². The summed E-state index contributed by atoms with van der Waals surface area (Å²) < 4.78 is 11.6. The third-order valence-electron chi connectivity index (χ3n) is 3.37. The fourth-order valence-electron chi connectivity index (χ4n) is 2.32. The van der Waals surface area contributed by atoms with Crippen molar-refractivity contribution in [2.75, 3.05) is 0 Å². The number of ether oxygens (including phenoxy) is 2. The molecule has 116 valence electrons. The van der Waals surface area contributed by atoms with Crippen molar-refractivity contribution in [3.05, 3.63) is 24.3 Å². The maximum atomic E-state index is 11.3. The van der Waals surface area contributed by atoms with Crippen molar-refractivity contribution in [2.24, 2.45) is 0 Å². The van der Waals surface area contributed by atoms with E-state index in [0.717, 1.165) is 19.3 Å². The predicted octanol–water partition coefficient (Wildman–Crippen LogP) is 3.77. The summed E-state index contributed by atoms with van der Waals surface area (Å²) in [6.45, 7) is 3.52. The van der Waals surface area contributed by atoms with Gasteiger partial charge in [0.15, 0.2) is 0 Å². The predicted molar refractivity (Wildman–Crippen MR) is 88.2 cm³/mol. The van der Waals surface area contributed by atoms with Gasteiger partial charge in [-0.25, -0.2) is 0 Å². The molecule has 1 aliphatic rings. The maximum Gasteiger partial charge on any atom is 0.303 e. The average Bonchev–Trinajstić information content (AvgIpc) is 2.43. The van der Waals surface area contributed by atoms with E-state index < -0.39 is 0 Å². The van der Waals surface area contributed by atoms with E-state index in [-0.39, 0.29) is 29.1 Å². The van der Waals surface area contributed by atoms with Gasteiger partial charge < -0.3 is 9.47 Å². The molecule has 0 N–H and O–H groups in total. The van der Waals surface area contributed by atoms with Crippen molar-refractivity contribution in [3.63, 3.8) is 0 Å². The van der Waals surface area contributed by atoms with Crippen LogP contribution in [0.3, 0.4) is 0 Å². The van der Waals surface area contributed by atoms with Crippen LogP contribution in [0, 0.1) is 12.3 Å². The van der Waals surface area contributed by atoms with Gasteiger partial charge in [0, 0.05) is 18.2 Å².